The molecule has 9 aromatic rings. The summed E-state index contributed by atoms with van der Waals surface area (Å²) in [4.78, 5) is 37.8. The van der Waals surface area contributed by atoms with Gasteiger partial charge < -0.3 is 23.5 Å². The molecule has 11 heteroatoms. The lowest BCUT2D eigenvalue weighted by Crippen LogP contribution is -2.41. The Balaban J connectivity index is 0.000000161. The fourth-order valence-corrected chi connectivity index (χ4v) is 10.4. The van der Waals surface area contributed by atoms with E-state index in [1.807, 2.05) is 100 Å². The Hall–Kier alpha value is -6.63. The van der Waals surface area contributed by atoms with Crippen molar-refractivity contribution in [3.05, 3.63) is 195 Å². The van der Waals surface area contributed by atoms with Crippen LogP contribution < -0.4 is 5.46 Å². The number of hydrogen-bond acceptors (Lipinski definition) is 8. The van der Waals surface area contributed by atoms with Gasteiger partial charge in [-0.3, -0.25) is 0 Å². The molecule has 0 spiro atoms. The number of carbonyl (C=O) groups is 3. The predicted molar refractivity (Wildman–Crippen MR) is 299 cm³/mol. The third-order valence-corrected chi connectivity index (χ3v) is 14.8. The van der Waals surface area contributed by atoms with E-state index in [9.17, 15) is 14.4 Å². The van der Waals surface area contributed by atoms with Gasteiger partial charge in [-0.15, -0.1) is 0 Å². The van der Waals surface area contributed by atoms with Crippen molar-refractivity contribution in [1.29, 1.82) is 0 Å². The molecule has 0 aliphatic carbocycles. The van der Waals surface area contributed by atoms with E-state index in [-0.39, 0.29) is 17.9 Å². The molecule has 1 saturated heterocycles. The SMILES string of the molecule is Brc1c2ccccc2c(Br)c2ccccc12.CCOC(=O)c1ccccc1-c1c2ccccc2c(-c2ccccc2C(=O)OCC)c2ccccc12.CCOC(=O)c1ccccc1B1OC(C)(C)C(C)(C)O1. The number of ether oxygens (including phenoxy) is 3. The summed E-state index contributed by atoms with van der Waals surface area (Å²) >= 11 is 7.39. The van der Waals surface area contributed by atoms with Crippen LogP contribution in [0.3, 0.4) is 0 Å². The third kappa shape index (κ3) is 10.3. The van der Waals surface area contributed by atoms with Crippen LogP contribution in [0.15, 0.2) is 179 Å². The molecule has 0 radical (unpaired) electrons. The van der Waals surface area contributed by atoms with E-state index in [4.69, 9.17) is 23.5 Å². The van der Waals surface area contributed by atoms with Crippen LogP contribution in [0.4, 0.5) is 0 Å². The Morgan fingerprint density at radius 2 is 0.667 bits per heavy atom. The van der Waals surface area contributed by atoms with Crippen LogP contribution in [0.2, 0.25) is 0 Å². The zero-order chi connectivity index (χ0) is 51.2. The van der Waals surface area contributed by atoms with Crippen LogP contribution in [-0.2, 0) is 23.5 Å². The van der Waals surface area contributed by atoms with Gasteiger partial charge in [-0.2, -0.15) is 0 Å². The Morgan fingerprint density at radius 3 is 1.00 bits per heavy atom. The summed E-state index contributed by atoms with van der Waals surface area (Å²) in [6, 6.07) is 55.4. The Morgan fingerprint density at radius 1 is 0.403 bits per heavy atom. The quantitative estimate of drug-likeness (QED) is 0.0610. The highest BCUT2D eigenvalue weighted by Gasteiger charge is 2.52. The van der Waals surface area contributed by atoms with Crippen molar-refractivity contribution in [3.8, 4) is 22.3 Å². The van der Waals surface area contributed by atoms with Crippen molar-refractivity contribution in [2.24, 2.45) is 0 Å². The first-order valence-electron chi connectivity index (χ1n) is 24.0. The van der Waals surface area contributed by atoms with Gasteiger partial charge in [0.25, 0.3) is 0 Å². The van der Waals surface area contributed by atoms with Crippen molar-refractivity contribution in [1.82, 2.24) is 0 Å². The molecule has 1 aliphatic rings. The predicted octanol–water partition coefficient (Wildman–Crippen LogP) is 15.4. The maximum atomic E-state index is 12.9. The third-order valence-electron chi connectivity index (χ3n) is 13.1. The fourth-order valence-electron chi connectivity index (χ4n) is 8.97. The molecule has 8 nitrogen and oxygen atoms in total. The summed E-state index contributed by atoms with van der Waals surface area (Å²) in [5, 5.41) is 8.92. The number of fused-ring (bicyclic) bond motifs is 4. The summed E-state index contributed by atoms with van der Waals surface area (Å²) < 4.78 is 30.2. The number of rotatable bonds is 9. The molecule has 1 heterocycles. The van der Waals surface area contributed by atoms with Gasteiger partial charge >= 0.3 is 25.0 Å². The van der Waals surface area contributed by atoms with Gasteiger partial charge in [0.2, 0.25) is 0 Å². The number of carbonyl (C=O) groups excluding carboxylic acids is 3. The summed E-state index contributed by atoms with van der Waals surface area (Å²) in [5.41, 5.74) is 4.94. The van der Waals surface area contributed by atoms with Crippen LogP contribution in [0, 0.1) is 0 Å². The van der Waals surface area contributed by atoms with E-state index in [0.29, 0.717) is 42.0 Å². The van der Waals surface area contributed by atoms with E-state index < -0.39 is 18.3 Å². The van der Waals surface area contributed by atoms with Crippen LogP contribution >= 0.6 is 31.9 Å². The molecule has 1 fully saturated rings. The van der Waals surface area contributed by atoms with Gasteiger partial charge in [-0.05, 0) is 169 Å². The van der Waals surface area contributed by atoms with Crippen LogP contribution in [0.25, 0.3) is 65.3 Å². The molecular weight excluding hydrogens is 1030 g/mol. The van der Waals surface area contributed by atoms with E-state index in [1.54, 1.807) is 45.0 Å². The van der Waals surface area contributed by atoms with E-state index in [2.05, 4.69) is 105 Å². The van der Waals surface area contributed by atoms with Crippen LogP contribution in [0.5, 0.6) is 0 Å². The van der Waals surface area contributed by atoms with E-state index in [0.717, 1.165) is 43.8 Å². The monoisotopic (exact) mass is 1080 g/mol. The minimum absolute atomic E-state index is 0.304. The molecule has 0 unspecified atom stereocenters. The highest BCUT2D eigenvalue weighted by molar-refractivity contribution is 9.11. The topological polar surface area (TPSA) is 97.4 Å². The summed E-state index contributed by atoms with van der Waals surface area (Å²) in [6.45, 7) is 14.3. The molecule has 0 saturated carbocycles. The molecule has 0 atom stereocenters. The number of hydrogen-bond donors (Lipinski definition) is 0. The standard InChI is InChI=1S/C32H26O4.C15H21BO4.C14H8Br2/c1-3-35-31(33)27-19-11-9-17-25(27)29-21-13-5-7-15-23(21)30(24-16-8-6-14-22(24)29)26-18-10-12-20-28(26)32(34)36-4-2;1-6-18-13(17)11-9-7-8-10-12(11)16-19-14(2,3)15(4,5)20-16;15-13-9-5-1-2-6-10(9)14(16)12-8-4-3-7-11(12)13/h5-20H,3-4H2,1-2H3;7-10H,6H2,1-5H3;1-8H. The average molecular weight is 1090 g/mol. The summed E-state index contributed by atoms with van der Waals surface area (Å²) in [7, 11) is -0.555. The van der Waals surface area contributed by atoms with Gasteiger partial charge in [0.1, 0.15) is 0 Å². The number of esters is 3. The van der Waals surface area contributed by atoms with Gasteiger partial charge in [0, 0.05) is 8.95 Å². The van der Waals surface area contributed by atoms with Gasteiger partial charge in [0.15, 0.2) is 0 Å². The van der Waals surface area contributed by atoms with E-state index >= 15 is 0 Å². The second kappa shape index (κ2) is 22.4. The van der Waals surface area contributed by atoms with Gasteiger partial charge in [-0.1, -0.05) is 152 Å². The Kier molecular flexibility index (Phi) is 16.1. The minimum atomic E-state index is -0.555. The lowest BCUT2D eigenvalue weighted by molar-refractivity contribution is 0.00578. The Labute approximate surface area is 438 Å². The molecule has 364 valence electrons. The van der Waals surface area contributed by atoms with Gasteiger partial charge in [-0.25, -0.2) is 14.4 Å². The first-order chi connectivity index (χ1) is 34.7. The van der Waals surface area contributed by atoms with Crippen molar-refractivity contribution in [3.63, 3.8) is 0 Å². The molecule has 0 amide bonds. The highest BCUT2D eigenvalue weighted by Crippen LogP contribution is 2.46. The lowest BCUT2D eigenvalue weighted by Gasteiger charge is -2.32. The summed E-state index contributed by atoms with van der Waals surface area (Å²) in [6.07, 6.45) is 0. The molecule has 9 aromatic carbocycles. The van der Waals surface area contributed by atoms with Crippen LogP contribution in [-0.4, -0.2) is 56.0 Å². The minimum Gasteiger partial charge on any atom is -0.462 e. The smallest absolute Gasteiger partial charge is 0.462 e. The molecule has 0 N–H and O–H groups in total. The largest absolute Gasteiger partial charge is 0.495 e. The van der Waals surface area contributed by atoms with Crippen molar-refractivity contribution in [2.75, 3.05) is 19.8 Å². The molecule has 72 heavy (non-hydrogen) atoms. The first-order valence-corrected chi connectivity index (χ1v) is 25.6. The summed E-state index contributed by atoms with van der Waals surface area (Å²) in [5.74, 6) is -1.05. The zero-order valence-corrected chi connectivity index (χ0v) is 44.6. The highest BCUT2D eigenvalue weighted by atomic mass is 79.9. The second-order valence-electron chi connectivity index (χ2n) is 18.0. The number of halogens is 2. The normalized spacial score (nSPS) is 13.5. The van der Waals surface area contributed by atoms with Crippen molar-refractivity contribution in [2.45, 2.75) is 59.7 Å². The average Bonchev–Trinajstić information content (AvgIpc) is 3.62. The maximum absolute atomic E-state index is 12.9. The number of benzene rings is 9. The molecule has 1 aliphatic heterocycles. The van der Waals surface area contributed by atoms with Crippen molar-refractivity contribution < 1.29 is 37.9 Å². The van der Waals surface area contributed by atoms with Crippen molar-refractivity contribution >= 4 is 105 Å². The molecular formula is C61H55BBr2O8. The van der Waals surface area contributed by atoms with E-state index in [1.165, 1.54) is 30.5 Å². The van der Waals surface area contributed by atoms with Gasteiger partial charge in [0.05, 0.1) is 47.7 Å². The van der Waals surface area contributed by atoms with Crippen LogP contribution in [0.1, 0.15) is 79.5 Å². The fraction of sp³-hybridized carbons (Fsp3) is 0.197. The maximum Gasteiger partial charge on any atom is 0.495 e. The Bertz CT molecular complexity index is 3170. The molecule has 0 bridgehead atoms. The lowest BCUT2D eigenvalue weighted by atomic mass is 9.76. The molecule has 10 rings (SSSR count). The molecule has 0 aromatic heterocycles. The zero-order valence-electron chi connectivity index (χ0n) is 41.4. The first kappa shape index (κ1) is 51.7. The second-order valence-corrected chi connectivity index (χ2v) is 19.6.